The van der Waals surface area contributed by atoms with Gasteiger partial charge in [-0.15, -0.1) is 0 Å². The van der Waals surface area contributed by atoms with E-state index in [0.717, 1.165) is 5.56 Å². The number of nitrogens with zero attached hydrogens (tertiary/aromatic N) is 1. The first-order valence-corrected chi connectivity index (χ1v) is 10.4. The highest BCUT2D eigenvalue weighted by atomic mass is 32.2. The molecule has 0 bridgehead atoms. The van der Waals surface area contributed by atoms with Crippen LogP contribution < -0.4 is 4.72 Å². The van der Waals surface area contributed by atoms with Crippen LogP contribution >= 0.6 is 0 Å². The van der Waals surface area contributed by atoms with Gasteiger partial charge in [0.05, 0.1) is 18.1 Å². The maximum Gasteiger partial charge on any atom is 0.261 e. The van der Waals surface area contributed by atoms with Gasteiger partial charge >= 0.3 is 0 Å². The second-order valence-electron chi connectivity index (χ2n) is 6.81. The van der Waals surface area contributed by atoms with Gasteiger partial charge in [-0.05, 0) is 41.8 Å². The summed E-state index contributed by atoms with van der Waals surface area (Å²) in [7, 11) is -3.78. The van der Waals surface area contributed by atoms with E-state index in [4.69, 9.17) is 4.74 Å². The van der Waals surface area contributed by atoms with E-state index in [1.807, 2.05) is 12.1 Å². The molecule has 1 heterocycles. The fourth-order valence-electron chi connectivity index (χ4n) is 2.90. The van der Waals surface area contributed by atoms with E-state index in [-0.39, 0.29) is 10.8 Å². The van der Waals surface area contributed by atoms with Crippen LogP contribution in [0.3, 0.4) is 0 Å². The van der Waals surface area contributed by atoms with E-state index in [2.05, 4.69) is 18.6 Å². The number of anilines is 1. The number of ether oxygens (including phenoxy) is 1. The molecule has 2 aromatic carbocycles. The zero-order valence-electron chi connectivity index (χ0n) is 15.5. The van der Waals surface area contributed by atoms with Crippen molar-refractivity contribution in [2.45, 2.75) is 24.7 Å². The minimum absolute atomic E-state index is 0.0644. The number of benzene rings is 2. The smallest absolute Gasteiger partial charge is 0.261 e. The van der Waals surface area contributed by atoms with Crippen LogP contribution in [0.1, 0.15) is 35.7 Å². The van der Waals surface area contributed by atoms with Crippen molar-refractivity contribution in [3.05, 3.63) is 59.7 Å². The minimum Gasteiger partial charge on any atom is -0.378 e. The van der Waals surface area contributed by atoms with Gasteiger partial charge in [-0.2, -0.15) is 0 Å². The molecule has 0 saturated carbocycles. The quantitative estimate of drug-likeness (QED) is 0.854. The molecule has 2 aromatic rings. The highest BCUT2D eigenvalue weighted by Gasteiger charge is 2.21. The number of carbonyl (C=O) groups is 1. The molecule has 1 aliphatic heterocycles. The second kappa shape index (κ2) is 8.10. The molecule has 0 radical (unpaired) electrons. The third kappa shape index (κ3) is 4.67. The van der Waals surface area contributed by atoms with Crippen LogP contribution in [0.25, 0.3) is 0 Å². The first-order chi connectivity index (χ1) is 12.9. The molecule has 1 amide bonds. The predicted molar refractivity (Wildman–Crippen MR) is 105 cm³/mol. The molecule has 0 aliphatic carbocycles. The van der Waals surface area contributed by atoms with E-state index in [1.54, 1.807) is 29.2 Å². The Morgan fingerprint density at radius 2 is 1.74 bits per heavy atom. The molecule has 1 saturated heterocycles. The Morgan fingerprint density at radius 3 is 2.37 bits per heavy atom. The maximum atomic E-state index is 12.7. The van der Waals surface area contributed by atoms with E-state index >= 15 is 0 Å². The van der Waals surface area contributed by atoms with Crippen molar-refractivity contribution >= 4 is 21.6 Å². The van der Waals surface area contributed by atoms with Crippen molar-refractivity contribution in [2.75, 3.05) is 31.0 Å². The van der Waals surface area contributed by atoms with Crippen LogP contribution in [0.2, 0.25) is 0 Å². The number of morpholine rings is 1. The predicted octanol–water partition coefficient (Wildman–Crippen LogP) is 3.08. The molecule has 1 fully saturated rings. The van der Waals surface area contributed by atoms with E-state index < -0.39 is 10.0 Å². The van der Waals surface area contributed by atoms with Crippen molar-refractivity contribution < 1.29 is 17.9 Å². The lowest BCUT2D eigenvalue weighted by Gasteiger charge is -2.27. The van der Waals surface area contributed by atoms with Gasteiger partial charge in [-0.3, -0.25) is 9.52 Å². The number of amides is 1. The molecule has 1 N–H and O–H groups in total. The maximum absolute atomic E-state index is 12.7. The lowest BCUT2D eigenvalue weighted by Crippen LogP contribution is -2.40. The first kappa shape index (κ1) is 19.4. The van der Waals surface area contributed by atoms with Gasteiger partial charge in [0.1, 0.15) is 0 Å². The molecule has 27 heavy (non-hydrogen) atoms. The van der Waals surface area contributed by atoms with Crippen molar-refractivity contribution in [1.29, 1.82) is 0 Å². The number of sulfonamides is 1. The Bertz CT molecular complexity index is 902. The van der Waals surface area contributed by atoms with E-state index in [1.165, 1.54) is 12.1 Å². The van der Waals surface area contributed by atoms with E-state index in [9.17, 15) is 13.2 Å². The third-order valence-electron chi connectivity index (χ3n) is 4.52. The summed E-state index contributed by atoms with van der Waals surface area (Å²) in [5.74, 6) is 0.190. The van der Waals surface area contributed by atoms with Gasteiger partial charge in [-0.1, -0.05) is 32.0 Å². The Hall–Kier alpha value is -2.38. The average molecular weight is 388 g/mol. The van der Waals surface area contributed by atoms with Gasteiger partial charge in [0, 0.05) is 24.3 Å². The Balaban J connectivity index is 1.79. The number of nitrogens with one attached hydrogen (secondary N) is 1. The van der Waals surface area contributed by atoms with Crippen LogP contribution in [0.15, 0.2) is 53.4 Å². The topological polar surface area (TPSA) is 75.7 Å². The molecule has 1 aliphatic rings. The SMILES string of the molecule is CC(C)c1ccc(NS(=O)(=O)c2cccc(C(=O)N3CCOCC3)c2)cc1. The highest BCUT2D eigenvalue weighted by molar-refractivity contribution is 7.92. The largest absolute Gasteiger partial charge is 0.378 e. The summed E-state index contributed by atoms with van der Waals surface area (Å²) in [5.41, 5.74) is 1.98. The molecule has 0 spiro atoms. The monoisotopic (exact) mass is 388 g/mol. The standard InChI is InChI=1S/C20H24N2O4S/c1-15(2)16-6-8-18(9-7-16)21-27(24,25)19-5-3-4-17(14-19)20(23)22-10-12-26-13-11-22/h3-9,14-15,21H,10-13H2,1-2H3. The Morgan fingerprint density at radius 1 is 1.07 bits per heavy atom. The Labute approximate surface area is 160 Å². The van der Waals surface area contributed by atoms with Crippen LogP contribution in [0.5, 0.6) is 0 Å². The fraction of sp³-hybridized carbons (Fsp3) is 0.350. The van der Waals surface area contributed by atoms with Gasteiger partial charge in [-0.25, -0.2) is 8.42 Å². The molecule has 144 valence electrons. The number of carbonyl (C=O) groups excluding carboxylic acids is 1. The summed E-state index contributed by atoms with van der Waals surface area (Å²) < 4.78 is 33.3. The fourth-order valence-corrected chi connectivity index (χ4v) is 4.00. The molecule has 0 aromatic heterocycles. The van der Waals surface area contributed by atoms with Crippen molar-refractivity contribution in [2.24, 2.45) is 0 Å². The number of hydrogen-bond donors (Lipinski definition) is 1. The minimum atomic E-state index is -3.78. The van der Waals surface area contributed by atoms with Gasteiger partial charge in [0.15, 0.2) is 0 Å². The molecule has 6 nitrogen and oxygen atoms in total. The van der Waals surface area contributed by atoms with Crippen molar-refractivity contribution in [1.82, 2.24) is 4.90 Å². The normalized spacial score (nSPS) is 15.0. The van der Waals surface area contributed by atoms with Crippen LogP contribution in [0.4, 0.5) is 5.69 Å². The highest BCUT2D eigenvalue weighted by Crippen LogP contribution is 2.21. The molecule has 3 rings (SSSR count). The van der Waals surface area contributed by atoms with Crippen LogP contribution in [-0.2, 0) is 14.8 Å². The number of rotatable bonds is 5. The van der Waals surface area contributed by atoms with Crippen molar-refractivity contribution in [3.63, 3.8) is 0 Å². The summed E-state index contributed by atoms with van der Waals surface area (Å²) in [5, 5.41) is 0. The molecular weight excluding hydrogens is 364 g/mol. The van der Waals surface area contributed by atoms with Gasteiger partial charge in [0.25, 0.3) is 15.9 Å². The van der Waals surface area contributed by atoms with Crippen molar-refractivity contribution in [3.8, 4) is 0 Å². The second-order valence-corrected chi connectivity index (χ2v) is 8.50. The first-order valence-electron chi connectivity index (χ1n) is 8.97. The lowest BCUT2D eigenvalue weighted by molar-refractivity contribution is 0.0302. The van der Waals surface area contributed by atoms with E-state index in [0.29, 0.717) is 43.5 Å². The summed E-state index contributed by atoms with van der Waals surface area (Å²) in [6.07, 6.45) is 0. The lowest BCUT2D eigenvalue weighted by atomic mass is 10.0. The zero-order valence-corrected chi connectivity index (χ0v) is 16.3. The zero-order chi connectivity index (χ0) is 19.4. The summed E-state index contributed by atoms with van der Waals surface area (Å²) in [6.45, 7) is 6.17. The molecule has 0 unspecified atom stereocenters. The summed E-state index contributed by atoms with van der Waals surface area (Å²) in [4.78, 5) is 14.3. The van der Waals surface area contributed by atoms with Crippen LogP contribution in [0, 0.1) is 0 Å². The van der Waals surface area contributed by atoms with Gasteiger partial charge < -0.3 is 9.64 Å². The van der Waals surface area contributed by atoms with Crippen LogP contribution in [-0.4, -0.2) is 45.5 Å². The number of hydrogen-bond acceptors (Lipinski definition) is 4. The molecular formula is C20H24N2O4S. The Kier molecular flexibility index (Phi) is 5.82. The third-order valence-corrected chi connectivity index (χ3v) is 5.90. The summed E-state index contributed by atoms with van der Waals surface area (Å²) in [6, 6.07) is 13.4. The average Bonchev–Trinajstić information content (AvgIpc) is 2.68. The molecule has 0 atom stereocenters. The summed E-state index contributed by atoms with van der Waals surface area (Å²) >= 11 is 0. The molecule has 7 heteroatoms. The van der Waals surface area contributed by atoms with Gasteiger partial charge in [0.2, 0.25) is 0 Å².